The molecular weight excluding hydrogens is 449 g/mol. The molecule has 0 radical (unpaired) electrons. The molecule has 1 heterocycles. The molecule has 3 rings (SSSR count). The van der Waals surface area contributed by atoms with Gasteiger partial charge in [0.05, 0.1) is 25.3 Å². The van der Waals surface area contributed by atoms with Gasteiger partial charge in [-0.1, -0.05) is 18.2 Å². The van der Waals surface area contributed by atoms with Crippen molar-refractivity contribution in [3.8, 4) is 11.5 Å². The van der Waals surface area contributed by atoms with Gasteiger partial charge in [0.2, 0.25) is 11.8 Å². The SMILES string of the molecule is CCOc1cc(C=CC(=O)NC(CN2CCCC2=O)c2cccc(C(F)(F)F)c2)ccc1OC. The predicted molar refractivity (Wildman–Crippen MR) is 121 cm³/mol. The van der Waals surface area contributed by atoms with Crippen LogP contribution in [0.4, 0.5) is 13.2 Å². The van der Waals surface area contributed by atoms with Crippen molar-refractivity contribution in [2.45, 2.75) is 32.0 Å². The Morgan fingerprint density at radius 2 is 2.00 bits per heavy atom. The Hall–Kier alpha value is -3.49. The van der Waals surface area contributed by atoms with E-state index in [1.54, 1.807) is 29.2 Å². The van der Waals surface area contributed by atoms with E-state index in [4.69, 9.17) is 9.47 Å². The Kier molecular flexibility index (Phi) is 8.20. The van der Waals surface area contributed by atoms with Crippen LogP contribution in [0.1, 0.15) is 42.5 Å². The third-order valence-electron chi connectivity index (χ3n) is 5.42. The summed E-state index contributed by atoms with van der Waals surface area (Å²) in [6.45, 7) is 2.88. The summed E-state index contributed by atoms with van der Waals surface area (Å²) in [5.41, 5.74) is 0.151. The van der Waals surface area contributed by atoms with Gasteiger partial charge in [0.25, 0.3) is 0 Å². The highest BCUT2D eigenvalue weighted by molar-refractivity contribution is 5.92. The number of methoxy groups -OCH3 is 1. The second kappa shape index (κ2) is 11.1. The average Bonchev–Trinajstić information content (AvgIpc) is 3.21. The van der Waals surface area contributed by atoms with E-state index in [0.717, 1.165) is 12.1 Å². The maximum atomic E-state index is 13.2. The highest BCUT2D eigenvalue weighted by Gasteiger charge is 2.32. The van der Waals surface area contributed by atoms with Crippen LogP contribution in [0.15, 0.2) is 48.5 Å². The van der Waals surface area contributed by atoms with Gasteiger partial charge >= 0.3 is 6.18 Å². The Morgan fingerprint density at radius 3 is 2.65 bits per heavy atom. The first-order valence-corrected chi connectivity index (χ1v) is 11.0. The van der Waals surface area contributed by atoms with Crippen molar-refractivity contribution in [1.82, 2.24) is 10.2 Å². The van der Waals surface area contributed by atoms with E-state index < -0.39 is 23.7 Å². The summed E-state index contributed by atoms with van der Waals surface area (Å²) in [6.07, 6.45) is -0.573. The van der Waals surface area contributed by atoms with Gasteiger partial charge in [-0.25, -0.2) is 0 Å². The molecule has 9 heteroatoms. The van der Waals surface area contributed by atoms with Crippen molar-refractivity contribution < 1.29 is 32.2 Å². The van der Waals surface area contributed by atoms with Crippen molar-refractivity contribution in [3.63, 3.8) is 0 Å². The molecule has 0 saturated carbocycles. The number of halogens is 3. The van der Waals surface area contributed by atoms with Crippen molar-refractivity contribution in [3.05, 3.63) is 65.2 Å². The van der Waals surface area contributed by atoms with E-state index >= 15 is 0 Å². The lowest BCUT2D eigenvalue weighted by Gasteiger charge is -2.25. The molecule has 2 aromatic carbocycles. The molecule has 0 spiro atoms. The Balaban J connectivity index is 1.80. The average molecular weight is 476 g/mol. The van der Waals surface area contributed by atoms with Gasteiger partial charge in [-0.15, -0.1) is 0 Å². The fourth-order valence-electron chi connectivity index (χ4n) is 3.74. The van der Waals surface area contributed by atoms with Crippen LogP contribution in [-0.2, 0) is 15.8 Å². The maximum Gasteiger partial charge on any atom is 0.416 e. The van der Waals surface area contributed by atoms with Crippen LogP contribution in [0.5, 0.6) is 11.5 Å². The van der Waals surface area contributed by atoms with Crippen molar-refractivity contribution in [1.29, 1.82) is 0 Å². The first-order chi connectivity index (χ1) is 16.2. The monoisotopic (exact) mass is 476 g/mol. The number of alkyl halides is 3. The zero-order valence-electron chi connectivity index (χ0n) is 19.0. The minimum Gasteiger partial charge on any atom is -0.493 e. The summed E-state index contributed by atoms with van der Waals surface area (Å²) in [5, 5.41) is 2.75. The molecule has 0 aromatic heterocycles. The summed E-state index contributed by atoms with van der Waals surface area (Å²) in [5.74, 6) is 0.511. The predicted octanol–water partition coefficient (Wildman–Crippen LogP) is 4.61. The topological polar surface area (TPSA) is 67.9 Å². The van der Waals surface area contributed by atoms with E-state index in [2.05, 4.69) is 5.32 Å². The fourth-order valence-corrected chi connectivity index (χ4v) is 3.74. The highest BCUT2D eigenvalue weighted by atomic mass is 19.4. The van der Waals surface area contributed by atoms with Crippen LogP contribution >= 0.6 is 0 Å². The van der Waals surface area contributed by atoms with Crippen LogP contribution in [0.3, 0.4) is 0 Å². The Labute approximate surface area is 196 Å². The summed E-state index contributed by atoms with van der Waals surface area (Å²) < 4.78 is 50.5. The van der Waals surface area contributed by atoms with Gasteiger partial charge in [-0.3, -0.25) is 9.59 Å². The molecule has 1 atom stereocenters. The molecule has 182 valence electrons. The molecule has 0 bridgehead atoms. The van der Waals surface area contributed by atoms with Crippen molar-refractivity contribution in [2.75, 3.05) is 26.8 Å². The standard InChI is InChI=1S/C25H27F3N2O4/c1-3-34-22-14-17(9-11-21(22)33-2)10-12-23(31)29-20(16-30-13-5-8-24(30)32)18-6-4-7-19(15-18)25(26,27)28/h4,6-7,9-12,14-15,20H,3,5,8,13,16H2,1-2H3,(H,29,31). The molecule has 0 aliphatic carbocycles. The second-order valence-corrected chi connectivity index (χ2v) is 7.80. The summed E-state index contributed by atoms with van der Waals surface area (Å²) in [6, 6.07) is 9.19. The van der Waals surface area contributed by atoms with Gasteiger partial charge in [0.15, 0.2) is 11.5 Å². The Morgan fingerprint density at radius 1 is 1.21 bits per heavy atom. The van der Waals surface area contributed by atoms with Crippen LogP contribution in [0.25, 0.3) is 6.08 Å². The van der Waals surface area contributed by atoms with Crippen LogP contribution in [-0.4, -0.2) is 43.5 Å². The first-order valence-electron chi connectivity index (χ1n) is 11.0. The van der Waals surface area contributed by atoms with Crippen LogP contribution in [0.2, 0.25) is 0 Å². The molecule has 1 unspecified atom stereocenters. The number of rotatable bonds is 9. The fraction of sp³-hybridized carbons (Fsp3) is 0.360. The molecule has 1 saturated heterocycles. The minimum atomic E-state index is -4.51. The smallest absolute Gasteiger partial charge is 0.416 e. The molecule has 1 fully saturated rings. The maximum absolute atomic E-state index is 13.2. The second-order valence-electron chi connectivity index (χ2n) is 7.80. The number of amides is 2. The molecular formula is C25H27F3N2O4. The molecule has 1 N–H and O–H groups in total. The molecule has 1 aliphatic heterocycles. The number of ether oxygens (including phenoxy) is 2. The van der Waals surface area contributed by atoms with Gasteiger partial charge in [0, 0.05) is 25.6 Å². The third kappa shape index (κ3) is 6.52. The number of benzene rings is 2. The number of hydrogen-bond acceptors (Lipinski definition) is 4. The number of carbonyl (C=O) groups excluding carboxylic acids is 2. The van der Waals surface area contributed by atoms with E-state index in [1.165, 1.54) is 25.3 Å². The normalized spacial score (nSPS) is 15.0. The molecule has 34 heavy (non-hydrogen) atoms. The molecule has 1 aliphatic rings. The van der Waals surface area contributed by atoms with Gasteiger partial charge in [-0.05, 0) is 54.8 Å². The number of likely N-dealkylation sites (tertiary alicyclic amines) is 1. The zero-order valence-corrected chi connectivity index (χ0v) is 19.0. The minimum absolute atomic E-state index is 0.0801. The van der Waals surface area contributed by atoms with Crippen LogP contribution < -0.4 is 14.8 Å². The molecule has 2 aromatic rings. The molecule has 6 nitrogen and oxygen atoms in total. The highest BCUT2D eigenvalue weighted by Crippen LogP contribution is 2.31. The number of nitrogens with one attached hydrogen (secondary N) is 1. The lowest BCUT2D eigenvalue weighted by atomic mass is 10.0. The lowest BCUT2D eigenvalue weighted by molar-refractivity contribution is -0.137. The van der Waals surface area contributed by atoms with Gasteiger partial charge in [-0.2, -0.15) is 13.2 Å². The van der Waals surface area contributed by atoms with Crippen molar-refractivity contribution in [2.24, 2.45) is 0 Å². The Bertz CT molecular complexity index is 1050. The number of hydrogen-bond donors (Lipinski definition) is 1. The van der Waals surface area contributed by atoms with Gasteiger partial charge in [0.1, 0.15) is 0 Å². The van der Waals surface area contributed by atoms with E-state index in [9.17, 15) is 22.8 Å². The number of nitrogens with zero attached hydrogens (tertiary/aromatic N) is 1. The first kappa shape index (κ1) is 25.1. The summed E-state index contributed by atoms with van der Waals surface area (Å²) >= 11 is 0. The van der Waals surface area contributed by atoms with E-state index in [-0.39, 0.29) is 18.0 Å². The van der Waals surface area contributed by atoms with E-state index in [1.807, 2.05) is 6.92 Å². The lowest BCUT2D eigenvalue weighted by Crippen LogP contribution is -2.38. The summed E-state index contributed by atoms with van der Waals surface area (Å²) in [7, 11) is 1.53. The third-order valence-corrected chi connectivity index (χ3v) is 5.42. The quantitative estimate of drug-likeness (QED) is 0.537. The number of carbonyl (C=O) groups is 2. The largest absolute Gasteiger partial charge is 0.493 e. The van der Waals surface area contributed by atoms with E-state index in [0.29, 0.717) is 43.1 Å². The van der Waals surface area contributed by atoms with Crippen molar-refractivity contribution >= 4 is 17.9 Å². The van der Waals surface area contributed by atoms with Gasteiger partial charge < -0.3 is 19.7 Å². The molecule has 2 amide bonds. The zero-order chi connectivity index (χ0) is 24.7. The summed E-state index contributed by atoms with van der Waals surface area (Å²) in [4.78, 5) is 26.4. The van der Waals surface area contributed by atoms with Crippen LogP contribution in [0, 0.1) is 0 Å².